The quantitative estimate of drug-likeness (QED) is 0.182. The van der Waals surface area contributed by atoms with E-state index >= 15 is 0 Å². The topological polar surface area (TPSA) is 66.0 Å². The number of nitrogens with zero attached hydrogens (tertiary/aromatic N) is 1. The third kappa shape index (κ3) is 8.04. The summed E-state index contributed by atoms with van der Waals surface area (Å²) in [6.45, 7) is 0. The van der Waals surface area contributed by atoms with Crippen LogP contribution in [0.1, 0.15) is 28.1 Å². The molecular formula is C26H16BrF7N2O2. The Morgan fingerprint density at radius 3 is 1.79 bits per heavy atom. The highest BCUT2D eigenvalue weighted by Gasteiger charge is 2.30. The van der Waals surface area contributed by atoms with Crippen LogP contribution in [-0.2, 0) is 17.1 Å². The average Bonchev–Trinajstić information content (AvgIpc) is 3.23. The van der Waals surface area contributed by atoms with Crippen LogP contribution in [0, 0.1) is 5.82 Å². The van der Waals surface area contributed by atoms with Crippen LogP contribution in [0.15, 0.2) is 71.2 Å². The first kappa shape index (κ1) is 28.6. The second-order valence-electron chi connectivity index (χ2n) is 7.65. The van der Waals surface area contributed by atoms with Crippen molar-refractivity contribution in [2.24, 2.45) is 0 Å². The van der Waals surface area contributed by atoms with Crippen molar-refractivity contribution in [2.75, 3.05) is 0 Å². The molecule has 1 heterocycles. The zero-order valence-corrected chi connectivity index (χ0v) is 20.5. The van der Waals surface area contributed by atoms with E-state index in [0.717, 1.165) is 30.3 Å². The van der Waals surface area contributed by atoms with Gasteiger partial charge in [0.2, 0.25) is 0 Å². The summed E-state index contributed by atoms with van der Waals surface area (Å²) in [5.41, 5.74) is 0.688. The molecule has 3 aromatic carbocycles. The third-order valence-corrected chi connectivity index (χ3v) is 5.48. The molecule has 198 valence electrons. The molecule has 38 heavy (non-hydrogen) atoms. The molecule has 0 radical (unpaired) electrons. The highest BCUT2D eigenvalue weighted by molar-refractivity contribution is 9.10. The minimum Gasteiger partial charge on any atom is -0.478 e. The lowest BCUT2D eigenvalue weighted by molar-refractivity contribution is -0.138. The highest BCUT2D eigenvalue weighted by atomic mass is 79.9. The van der Waals surface area contributed by atoms with E-state index in [4.69, 9.17) is 5.11 Å². The van der Waals surface area contributed by atoms with Crippen molar-refractivity contribution < 1.29 is 40.6 Å². The summed E-state index contributed by atoms with van der Waals surface area (Å²) < 4.78 is 87.6. The predicted octanol–water partition coefficient (Wildman–Crippen LogP) is 8.46. The second kappa shape index (κ2) is 11.6. The molecule has 0 spiro atoms. The van der Waals surface area contributed by atoms with Gasteiger partial charge in [-0.3, -0.25) is 0 Å². The third-order valence-electron chi connectivity index (χ3n) is 4.87. The molecule has 4 nitrogen and oxygen atoms in total. The van der Waals surface area contributed by atoms with Crippen molar-refractivity contribution in [1.82, 2.24) is 9.97 Å². The van der Waals surface area contributed by atoms with Gasteiger partial charge in [-0.15, -0.1) is 0 Å². The molecule has 0 atom stereocenters. The van der Waals surface area contributed by atoms with Crippen LogP contribution in [0.2, 0.25) is 0 Å². The smallest absolute Gasteiger partial charge is 0.416 e. The van der Waals surface area contributed by atoms with E-state index in [1.807, 2.05) is 0 Å². The summed E-state index contributed by atoms with van der Waals surface area (Å²) in [5.74, 6) is -1.06. The van der Waals surface area contributed by atoms with Gasteiger partial charge >= 0.3 is 18.3 Å². The van der Waals surface area contributed by atoms with Crippen LogP contribution in [0.3, 0.4) is 0 Å². The largest absolute Gasteiger partial charge is 0.478 e. The molecule has 4 rings (SSSR count). The first-order valence-corrected chi connectivity index (χ1v) is 11.3. The molecular weight excluding hydrogens is 585 g/mol. The van der Waals surface area contributed by atoms with Gasteiger partial charge < -0.3 is 10.1 Å². The number of aliphatic carboxylic acids is 1. The monoisotopic (exact) mass is 600 g/mol. The maximum atomic E-state index is 13.4. The van der Waals surface area contributed by atoms with Crippen LogP contribution >= 0.6 is 15.9 Å². The van der Waals surface area contributed by atoms with Crippen molar-refractivity contribution >= 4 is 51.2 Å². The summed E-state index contributed by atoms with van der Waals surface area (Å²) in [4.78, 5) is 17.3. The number of fused-ring (bicyclic) bond motifs is 1. The fourth-order valence-corrected chi connectivity index (χ4v) is 3.34. The van der Waals surface area contributed by atoms with Gasteiger partial charge in [-0.25, -0.2) is 14.2 Å². The zero-order valence-electron chi connectivity index (χ0n) is 18.9. The molecule has 0 aliphatic heterocycles. The van der Waals surface area contributed by atoms with Gasteiger partial charge in [0.1, 0.15) is 11.6 Å². The van der Waals surface area contributed by atoms with E-state index in [9.17, 15) is 35.5 Å². The molecule has 0 saturated carbocycles. The summed E-state index contributed by atoms with van der Waals surface area (Å²) in [6, 6.07) is 11.9. The Bertz CT molecular complexity index is 1430. The van der Waals surface area contributed by atoms with Crippen LogP contribution in [-0.4, -0.2) is 21.0 Å². The number of rotatable bonds is 4. The van der Waals surface area contributed by atoms with Crippen molar-refractivity contribution in [3.63, 3.8) is 0 Å². The number of halogens is 8. The molecule has 12 heteroatoms. The minimum absolute atomic E-state index is 0.315. The van der Waals surface area contributed by atoms with Crippen LogP contribution in [0.5, 0.6) is 0 Å². The van der Waals surface area contributed by atoms with E-state index in [-0.39, 0.29) is 0 Å². The number of carbonyl (C=O) groups is 1. The number of H-pyrrole nitrogens is 1. The molecule has 0 unspecified atom stereocenters. The summed E-state index contributed by atoms with van der Waals surface area (Å²) >= 11 is 3.09. The first-order valence-electron chi connectivity index (χ1n) is 10.5. The van der Waals surface area contributed by atoms with Gasteiger partial charge in [-0.1, -0.05) is 30.3 Å². The van der Waals surface area contributed by atoms with Gasteiger partial charge in [0.25, 0.3) is 0 Å². The molecule has 0 aliphatic rings. The predicted molar refractivity (Wildman–Crippen MR) is 132 cm³/mol. The van der Waals surface area contributed by atoms with E-state index in [1.54, 1.807) is 18.2 Å². The normalized spacial score (nSPS) is 12.2. The van der Waals surface area contributed by atoms with Crippen LogP contribution in [0.4, 0.5) is 30.7 Å². The Morgan fingerprint density at radius 1 is 0.816 bits per heavy atom. The number of aromatic amines is 1. The van der Waals surface area contributed by atoms with Crippen molar-refractivity contribution in [1.29, 1.82) is 0 Å². The van der Waals surface area contributed by atoms with E-state index in [0.29, 0.717) is 32.5 Å². The molecule has 0 bridgehead atoms. The number of hydrogen-bond donors (Lipinski definition) is 2. The van der Waals surface area contributed by atoms with Gasteiger partial charge in [-0.05, 0) is 69.5 Å². The van der Waals surface area contributed by atoms with Crippen LogP contribution < -0.4 is 0 Å². The lowest BCUT2D eigenvalue weighted by Gasteiger charge is -2.05. The lowest BCUT2D eigenvalue weighted by atomic mass is 10.1. The number of nitrogens with one attached hydrogen (secondary N) is 1. The summed E-state index contributed by atoms with van der Waals surface area (Å²) in [7, 11) is 0. The average molecular weight is 601 g/mol. The zero-order chi connectivity index (χ0) is 28.1. The lowest BCUT2D eigenvalue weighted by Crippen LogP contribution is -2.03. The molecule has 0 saturated heterocycles. The number of alkyl halides is 6. The van der Waals surface area contributed by atoms with Crippen LogP contribution in [0.25, 0.3) is 29.3 Å². The number of benzene rings is 3. The fraction of sp³-hybridized carbons (Fsp3) is 0.0769. The maximum absolute atomic E-state index is 13.4. The number of aromatic nitrogens is 2. The molecule has 0 fully saturated rings. The number of carboxylic acid groups (broad SMARTS) is 1. The van der Waals surface area contributed by atoms with Gasteiger partial charge in [0.15, 0.2) is 0 Å². The molecule has 0 aliphatic carbocycles. The number of imidazole rings is 1. The fourth-order valence-electron chi connectivity index (χ4n) is 3.01. The molecule has 1 aromatic heterocycles. The minimum atomic E-state index is -4.37. The van der Waals surface area contributed by atoms with E-state index < -0.39 is 35.3 Å². The summed E-state index contributed by atoms with van der Waals surface area (Å²) in [6.07, 6.45) is -3.38. The van der Waals surface area contributed by atoms with Gasteiger partial charge in [-0.2, -0.15) is 26.3 Å². The maximum Gasteiger partial charge on any atom is 0.416 e. The Balaban J connectivity index is 0.000000232. The van der Waals surface area contributed by atoms with E-state index in [1.165, 1.54) is 36.4 Å². The van der Waals surface area contributed by atoms with Crippen molar-refractivity contribution in [3.8, 4) is 0 Å². The van der Waals surface area contributed by atoms with Gasteiger partial charge in [0, 0.05) is 12.1 Å². The van der Waals surface area contributed by atoms with Gasteiger partial charge in [0.05, 0.1) is 26.6 Å². The van der Waals surface area contributed by atoms with Crippen molar-refractivity contribution in [3.05, 3.63) is 105 Å². The van der Waals surface area contributed by atoms with Crippen molar-refractivity contribution in [2.45, 2.75) is 12.4 Å². The second-order valence-corrected chi connectivity index (χ2v) is 8.50. The first-order chi connectivity index (χ1) is 17.7. The molecule has 4 aromatic rings. The Labute approximate surface area is 219 Å². The number of carboxylic acids is 1. The standard InChI is InChI=1S/C16H9BrF4N2.C10H7F3O2/c17-11-7-13-14(8-12(11)18)23-15(22-13)6-3-9-1-4-10(5-2-9)16(19,20)21;11-10(12,13)8-4-1-7(2-5-8)3-6-9(14)15/h1-8H,(H,22,23);1-6H,(H,14,15)/b6-3+;. The Morgan fingerprint density at radius 2 is 1.32 bits per heavy atom. The summed E-state index contributed by atoms with van der Waals surface area (Å²) in [5, 5.41) is 8.29. The number of hydrogen-bond acceptors (Lipinski definition) is 2. The molecule has 2 N–H and O–H groups in total. The highest BCUT2D eigenvalue weighted by Crippen LogP contribution is 2.30. The Hall–Kier alpha value is -3.93. The molecule has 0 amide bonds. The SMILES string of the molecule is Fc1cc2[nH]c(/C=C/c3ccc(C(F)(F)F)cc3)nc2cc1Br.O=C(O)C=Cc1ccc(C(F)(F)F)cc1. The van der Waals surface area contributed by atoms with E-state index in [2.05, 4.69) is 25.9 Å². The Kier molecular flexibility index (Phi) is 8.77.